The number of furan rings is 1. The van der Waals surface area contributed by atoms with Gasteiger partial charge >= 0.3 is 0 Å². The molecule has 0 atom stereocenters. The number of hydrogen-bond donors (Lipinski definition) is 1. The lowest BCUT2D eigenvalue weighted by Gasteiger charge is -2.08. The zero-order chi connectivity index (χ0) is 12.4. The number of hydrogen-bond acceptors (Lipinski definition) is 2. The predicted octanol–water partition coefficient (Wildman–Crippen LogP) is 3.91. The molecule has 0 spiro atoms. The molecule has 2 rings (SSSR count). The summed E-state index contributed by atoms with van der Waals surface area (Å²) in [6, 6.07) is 5.48. The van der Waals surface area contributed by atoms with Crippen LogP contribution in [0.15, 0.2) is 39.6 Å². The topological polar surface area (TPSA) is 42.2 Å². The van der Waals surface area contributed by atoms with Gasteiger partial charge in [0.2, 0.25) is 0 Å². The van der Waals surface area contributed by atoms with E-state index in [1.807, 2.05) is 26.0 Å². The van der Waals surface area contributed by atoms with Gasteiger partial charge in [0.15, 0.2) is 0 Å². The fourth-order valence-corrected chi connectivity index (χ4v) is 1.84. The largest absolute Gasteiger partial charge is 0.472 e. The van der Waals surface area contributed by atoms with Crippen molar-refractivity contribution in [3.63, 3.8) is 0 Å². The first kappa shape index (κ1) is 11.9. The molecule has 1 aromatic heterocycles. The summed E-state index contributed by atoms with van der Waals surface area (Å²) < 4.78 is 5.94. The van der Waals surface area contributed by atoms with E-state index in [4.69, 9.17) is 4.42 Å². The van der Waals surface area contributed by atoms with Gasteiger partial charge in [-0.15, -0.1) is 0 Å². The van der Waals surface area contributed by atoms with E-state index in [-0.39, 0.29) is 5.91 Å². The smallest absolute Gasteiger partial charge is 0.258 e. The summed E-state index contributed by atoms with van der Waals surface area (Å²) in [6.45, 7) is 3.98. The van der Waals surface area contributed by atoms with Gasteiger partial charge in [-0.05, 0) is 43.2 Å². The summed E-state index contributed by atoms with van der Waals surface area (Å²) in [7, 11) is 0. The number of aryl methyl sites for hydroxylation is 2. The first-order valence-corrected chi connectivity index (χ1v) is 5.97. The molecule has 0 bridgehead atoms. The summed E-state index contributed by atoms with van der Waals surface area (Å²) in [5, 5.41) is 2.83. The molecule has 0 aliphatic heterocycles. The number of carbonyl (C=O) groups excluding carboxylic acids is 1. The molecule has 0 aliphatic carbocycles. The van der Waals surface area contributed by atoms with Gasteiger partial charge in [0.25, 0.3) is 5.91 Å². The SMILES string of the molecule is Cc1cc(NC(=O)c2ccoc2)cc(C)c1Br. The summed E-state index contributed by atoms with van der Waals surface area (Å²) in [4.78, 5) is 11.8. The molecule has 1 amide bonds. The summed E-state index contributed by atoms with van der Waals surface area (Å²) >= 11 is 3.49. The Balaban J connectivity index is 2.22. The maximum Gasteiger partial charge on any atom is 0.258 e. The van der Waals surface area contributed by atoms with Crippen LogP contribution in [0.25, 0.3) is 0 Å². The van der Waals surface area contributed by atoms with Crippen molar-refractivity contribution < 1.29 is 9.21 Å². The number of anilines is 1. The van der Waals surface area contributed by atoms with Crippen LogP contribution < -0.4 is 5.32 Å². The van der Waals surface area contributed by atoms with Crippen molar-refractivity contribution in [2.75, 3.05) is 5.32 Å². The Labute approximate surface area is 108 Å². The molecule has 0 unspecified atom stereocenters. The lowest BCUT2D eigenvalue weighted by Crippen LogP contribution is -2.11. The van der Waals surface area contributed by atoms with Gasteiger partial charge < -0.3 is 9.73 Å². The van der Waals surface area contributed by atoms with E-state index in [1.165, 1.54) is 12.5 Å². The Hall–Kier alpha value is -1.55. The molecule has 1 aromatic carbocycles. The molecule has 0 saturated carbocycles. The van der Waals surface area contributed by atoms with Crippen LogP contribution >= 0.6 is 15.9 Å². The monoisotopic (exact) mass is 293 g/mol. The van der Waals surface area contributed by atoms with Crippen molar-refractivity contribution in [1.82, 2.24) is 0 Å². The van der Waals surface area contributed by atoms with Crippen LogP contribution in [0.3, 0.4) is 0 Å². The number of carbonyl (C=O) groups is 1. The molecule has 0 radical (unpaired) electrons. The zero-order valence-electron chi connectivity index (χ0n) is 9.58. The standard InChI is InChI=1S/C13H12BrNO2/c1-8-5-11(6-9(2)12(8)14)15-13(16)10-3-4-17-7-10/h3-7H,1-2H3,(H,15,16). The van der Waals surface area contributed by atoms with Crippen molar-refractivity contribution in [2.24, 2.45) is 0 Å². The summed E-state index contributed by atoms with van der Waals surface area (Å²) in [5.74, 6) is -0.167. The first-order valence-electron chi connectivity index (χ1n) is 5.18. The van der Waals surface area contributed by atoms with Gasteiger partial charge in [-0.25, -0.2) is 0 Å². The van der Waals surface area contributed by atoms with Gasteiger partial charge in [0, 0.05) is 10.2 Å². The maximum absolute atomic E-state index is 11.8. The van der Waals surface area contributed by atoms with E-state index in [0.717, 1.165) is 21.3 Å². The third-order valence-electron chi connectivity index (χ3n) is 2.48. The van der Waals surface area contributed by atoms with Crippen LogP contribution in [0.2, 0.25) is 0 Å². The minimum atomic E-state index is -0.167. The fraction of sp³-hybridized carbons (Fsp3) is 0.154. The van der Waals surface area contributed by atoms with Gasteiger partial charge in [-0.3, -0.25) is 4.79 Å². The molecule has 17 heavy (non-hydrogen) atoms. The Morgan fingerprint density at radius 1 is 1.29 bits per heavy atom. The van der Waals surface area contributed by atoms with Crippen LogP contribution in [-0.4, -0.2) is 5.91 Å². The molecule has 1 heterocycles. The average molecular weight is 294 g/mol. The van der Waals surface area contributed by atoms with Crippen molar-refractivity contribution >= 4 is 27.5 Å². The second-order valence-corrected chi connectivity index (χ2v) is 4.68. The van der Waals surface area contributed by atoms with Gasteiger partial charge in [-0.1, -0.05) is 15.9 Å². The average Bonchev–Trinajstić information content (AvgIpc) is 2.79. The molecule has 2 aromatic rings. The van der Waals surface area contributed by atoms with E-state index < -0.39 is 0 Å². The summed E-state index contributed by atoms with van der Waals surface area (Å²) in [5.41, 5.74) is 3.48. The second kappa shape index (κ2) is 4.75. The van der Waals surface area contributed by atoms with Gasteiger partial charge in [0.1, 0.15) is 6.26 Å². The maximum atomic E-state index is 11.8. The summed E-state index contributed by atoms with van der Waals surface area (Å²) in [6.07, 6.45) is 2.90. The third kappa shape index (κ3) is 2.58. The minimum absolute atomic E-state index is 0.167. The molecule has 0 saturated heterocycles. The second-order valence-electron chi connectivity index (χ2n) is 3.89. The van der Waals surface area contributed by atoms with Crippen molar-refractivity contribution in [3.8, 4) is 0 Å². The quantitative estimate of drug-likeness (QED) is 0.912. The molecular weight excluding hydrogens is 282 g/mol. The Morgan fingerprint density at radius 2 is 1.94 bits per heavy atom. The molecule has 0 aliphatic rings. The highest BCUT2D eigenvalue weighted by Gasteiger charge is 2.09. The van der Waals surface area contributed by atoms with Crippen LogP contribution in [-0.2, 0) is 0 Å². The number of amides is 1. The number of benzene rings is 1. The number of nitrogens with one attached hydrogen (secondary N) is 1. The predicted molar refractivity (Wildman–Crippen MR) is 70.3 cm³/mol. The van der Waals surface area contributed by atoms with Crippen LogP contribution in [0.1, 0.15) is 21.5 Å². The van der Waals surface area contributed by atoms with E-state index in [0.29, 0.717) is 5.56 Å². The number of rotatable bonds is 2. The fourth-order valence-electron chi connectivity index (χ4n) is 1.61. The van der Waals surface area contributed by atoms with E-state index >= 15 is 0 Å². The zero-order valence-corrected chi connectivity index (χ0v) is 11.2. The minimum Gasteiger partial charge on any atom is -0.472 e. The molecule has 88 valence electrons. The number of halogens is 1. The van der Waals surface area contributed by atoms with Crippen LogP contribution in [0.4, 0.5) is 5.69 Å². The first-order chi connectivity index (χ1) is 8.08. The normalized spacial score (nSPS) is 10.3. The lowest BCUT2D eigenvalue weighted by molar-refractivity contribution is 0.102. The van der Waals surface area contributed by atoms with E-state index in [9.17, 15) is 4.79 Å². The van der Waals surface area contributed by atoms with Gasteiger partial charge in [-0.2, -0.15) is 0 Å². The molecule has 3 nitrogen and oxygen atoms in total. The lowest BCUT2D eigenvalue weighted by atomic mass is 10.1. The highest BCUT2D eigenvalue weighted by molar-refractivity contribution is 9.10. The molecule has 1 N–H and O–H groups in total. The van der Waals surface area contributed by atoms with Crippen molar-refractivity contribution in [1.29, 1.82) is 0 Å². The van der Waals surface area contributed by atoms with Gasteiger partial charge in [0.05, 0.1) is 11.8 Å². The highest BCUT2D eigenvalue weighted by Crippen LogP contribution is 2.25. The molecule has 4 heteroatoms. The molecular formula is C13H12BrNO2. The van der Waals surface area contributed by atoms with Crippen LogP contribution in [0.5, 0.6) is 0 Å². The van der Waals surface area contributed by atoms with E-state index in [2.05, 4.69) is 21.2 Å². The van der Waals surface area contributed by atoms with Crippen LogP contribution in [0, 0.1) is 13.8 Å². The molecule has 0 fully saturated rings. The highest BCUT2D eigenvalue weighted by atomic mass is 79.9. The van der Waals surface area contributed by atoms with E-state index in [1.54, 1.807) is 6.07 Å². The van der Waals surface area contributed by atoms with Crippen molar-refractivity contribution in [3.05, 3.63) is 51.9 Å². The third-order valence-corrected chi connectivity index (χ3v) is 3.73. The Morgan fingerprint density at radius 3 is 2.47 bits per heavy atom. The van der Waals surface area contributed by atoms with Crippen molar-refractivity contribution in [2.45, 2.75) is 13.8 Å². The Bertz CT molecular complexity index is 524. The Kier molecular flexibility index (Phi) is 3.33.